The monoisotopic (exact) mass is 326 g/mol. The van der Waals surface area contributed by atoms with Gasteiger partial charge in [-0.05, 0) is 57.4 Å². The highest BCUT2D eigenvalue weighted by atomic mass is 79.9. The van der Waals surface area contributed by atoms with Crippen LogP contribution in [0.1, 0.15) is 11.1 Å². The fourth-order valence-corrected chi connectivity index (χ4v) is 2.43. The number of fused-ring (bicyclic) bond motifs is 1. The third kappa shape index (κ3) is 2.99. The van der Waals surface area contributed by atoms with Gasteiger partial charge in [0.25, 0.3) is 0 Å². The van der Waals surface area contributed by atoms with Crippen LogP contribution >= 0.6 is 15.9 Å². The van der Waals surface area contributed by atoms with Crippen molar-refractivity contribution < 1.29 is 0 Å². The summed E-state index contributed by atoms with van der Waals surface area (Å²) >= 11 is 3.38. The minimum Gasteiger partial charge on any atom is -0.366 e. The lowest BCUT2D eigenvalue weighted by Crippen LogP contribution is -2.00. The molecule has 1 N–H and O–H groups in total. The minimum atomic E-state index is 0.776. The molecule has 3 aromatic rings. The van der Waals surface area contributed by atoms with Crippen LogP contribution in [0.2, 0.25) is 0 Å². The predicted molar refractivity (Wildman–Crippen MR) is 87.9 cm³/mol. The van der Waals surface area contributed by atoms with Crippen molar-refractivity contribution in [3.8, 4) is 0 Å². The van der Waals surface area contributed by atoms with Crippen LogP contribution in [-0.4, -0.2) is 4.98 Å². The molecule has 1 heterocycles. The van der Waals surface area contributed by atoms with E-state index in [1.807, 2.05) is 12.1 Å². The Bertz CT molecular complexity index is 736. The summed E-state index contributed by atoms with van der Waals surface area (Å²) in [6.45, 7) is 2.90. The second-order valence-electron chi connectivity index (χ2n) is 4.90. The third-order valence-corrected chi connectivity index (χ3v) is 3.73. The first-order valence-corrected chi connectivity index (χ1v) is 7.35. The Morgan fingerprint density at radius 2 is 1.80 bits per heavy atom. The summed E-state index contributed by atoms with van der Waals surface area (Å²) in [5.41, 5.74) is 2.55. The highest BCUT2D eigenvalue weighted by molar-refractivity contribution is 9.10. The number of pyridine rings is 1. The number of benzene rings is 2. The lowest BCUT2D eigenvalue weighted by Gasteiger charge is -2.07. The molecule has 0 amide bonds. The van der Waals surface area contributed by atoms with Gasteiger partial charge < -0.3 is 5.32 Å². The van der Waals surface area contributed by atoms with E-state index in [0.717, 1.165) is 16.8 Å². The zero-order valence-electron chi connectivity index (χ0n) is 11.2. The number of anilines is 1. The Labute approximate surface area is 127 Å². The molecule has 0 radical (unpaired) electrons. The van der Waals surface area contributed by atoms with Crippen molar-refractivity contribution in [2.24, 2.45) is 0 Å². The van der Waals surface area contributed by atoms with Gasteiger partial charge in [-0.2, -0.15) is 0 Å². The lowest BCUT2D eigenvalue weighted by molar-refractivity contribution is 1.11. The second-order valence-corrected chi connectivity index (χ2v) is 5.82. The van der Waals surface area contributed by atoms with Crippen LogP contribution in [0.4, 0.5) is 5.82 Å². The molecule has 100 valence electrons. The van der Waals surface area contributed by atoms with E-state index in [-0.39, 0.29) is 0 Å². The van der Waals surface area contributed by atoms with Gasteiger partial charge in [0.1, 0.15) is 5.82 Å². The molecule has 3 rings (SSSR count). The van der Waals surface area contributed by atoms with Crippen molar-refractivity contribution in [2.75, 3.05) is 5.32 Å². The zero-order valence-corrected chi connectivity index (χ0v) is 12.8. The summed E-state index contributed by atoms with van der Waals surface area (Å²) in [7, 11) is 0. The molecule has 0 bridgehead atoms. The first-order valence-electron chi connectivity index (χ1n) is 6.55. The fourth-order valence-electron chi connectivity index (χ4n) is 2.20. The molecule has 0 fully saturated rings. The summed E-state index contributed by atoms with van der Waals surface area (Å²) in [5.74, 6) is 0.886. The van der Waals surface area contributed by atoms with Crippen LogP contribution in [-0.2, 0) is 6.54 Å². The molecule has 0 spiro atoms. The van der Waals surface area contributed by atoms with E-state index in [9.17, 15) is 0 Å². The smallest absolute Gasteiger partial charge is 0.126 e. The summed E-state index contributed by atoms with van der Waals surface area (Å²) in [6.07, 6.45) is 1.80. The SMILES string of the molecule is Cc1ccc2cc(CNc3ccc(Br)cn3)ccc2c1. The Morgan fingerprint density at radius 1 is 1.00 bits per heavy atom. The largest absolute Gasteiger partial charge is 0.366 e. The number of aryl methyl sites for hydroxylation is 1. The number of rotatable bonds is 3. The number of nitrogens with zero attached hydrogens (tertiary/aromatic N) is 1. The Kier molecular flexibility index (Phi) is 3.70. The summed E-state index contributed by atoms with van der Waals surface area (Å²) in [5, 5.41) is 5.90. The molecule has 2 aromatic carbocycles. The standard InChI is InChI=1S/C17H15BrN2/c1-12-2-4-15-9-13(3-5-14(15)8-12)10-19-17-7-6-16(18)11-20-17/h2-9,11H,10H2,1H3,(H,19,20). The van der Waals surface area contributed by atoms with Crippen LogP contribution in [0.3, 0.4) is 0 Å². The van der Waals surface area contributed by atoms with Gasteiger partial charge in [0.15, 0.2) is 0 Å². The molecule has 1 aromatic heterocycles. The van der Waals surface area contributed by atoms with E-state index in [4.69, 9.17) is 0 Å². The molecule has 0 atom stereocenters. The molecular formula is C17H15BrN2. The maximum atomic E-state index is 4.31. The first kappa shape index (κ1) is 13.1. The van der Waals surface area contributed by atoms with Gasteiger partial charge in [0.05, 0.1) is 0 Å². The Morgan fingerprint density at radius 3 is 2.60 bits per heavy atom. The van der Waals surface area contributed by atoms with Crippen molar-refractivity contribution in [1.29, 1.82) is 0 Å². The molecular weight excluding hydrogens is 312 g/mol. The van der Waals surface area contributed by atoms with E-state index >= 15 is 0 Å². The molecule has 0 saturated heterocycles. The Hall–Kier alpha value is -1.87. The molecule has 0 saturated carbocycles. The third-order valence-electron chi connectivity index (χ3n) is 3.26. The van der Waals surface area contributed by atoms with Crippen LogP contribution in [0.25, 0.3) is 10.8 Å². The molecule has 3 heteroatoms. The number of aromatic nitrogens is 1. The average Bonchev–Trinajstić information content (AvgIpc) is 2.46. The quantitative estimate of drug-likeness (QED) is 0.739. The fraction of sp³-hybridized carbons (Fsp3) is 0.118. The van der Waals surface area contributed by atoms with Gasteiger partial charge in [0.2, 0.25) is 0 Å². The number of halogens is 1. The van der Waals surface area contributed by atoms with Crippen LogP contribution in [0, 0.1) is 6.92 Å². The van der Waals surface area contributed by atoms with E-state index in [1.54, 1.807) is 6.20 Å². The summed E-state index contributed by atoms with van der Waals surface area (Å²) in [6, 6.07) is 17.0. The van der Waals surface area contributed by atoms with E-state index in [2.05, 4.69) is 69.6 Å². The molecule has 0 aliphatic rings. The highest BCUT2D eigenvalue weighted by Crippen LogP contribution is 2.18. The van der Waals surface area contributed by atoms with Crippen molar-refractivity contribution >= 4 is 32.5 Å². The minimum absolute atomic E-state index is 0.776. The number of nitrogens with one attached hydrogen (secondary N) is 1. The maximum absolute atomic E-state index is 4.31. The van der Waals surface area contributed by atoms with Gasteiger partial charge in [-0.25, -0.2) is 4.98 Å². The molecule has 0 aliphatic carbocycles. The van der Waals surface area contributed by atoms with Crippen molar-refractivity contribution in [2.45, 2.75) is 13.5 Å². The van der Waals surface area contributed by atoms with Crippen LogP contribution in [0.15, 0.2) is 59.2 Å². The highest BCUT2D eigenvalue weighted by Gasteiger charge is 1.99. The maximum Gasteiger partial charge on any atom is 0.126 e. The summed E-state index contributed by atoms with van der Waals surface area (Å²) < 4.78 is 0.990. The van der Waals surface area contributed by atoms with Crippen molar-refractivity contribution in [3.05, 3.63) is 70.3 Å². The van der Waals surface area contributed by atoms with Gasteiger partial charge in [-0.3, -0.25) is 0 Å². The molecule has 2 nitrogen and oxygen atoms in total. The molecule has 0 aliphatic heterocycles. The van der Waals surface area contributed by atoms with Crippen molar-refractivity contribution in [1.82, 2.24) is 4.98 Å². The number of hydrogen-bond acceptors (Lipinski definition) is 2. The Balaban J connectivity index is 1.77. The van der Waals surface area contributed by atoms with Crippen molar-refractivity contribution in [3.63, 3.8) is 0 Å². The normalized spacial score (nSPS) is 10.7. The van der Waals surface area contributed by atoms with Crippen LogP contribution in [0.5, 0.6) is 0 Å². The molecule has 0 unspecified atom stereocenters. The van der Waals surface area contributed by atoms with E-state index in [0.29, 0.717) is 0 Å². The first-order chi connectivity index (χ1) is 9.70. The van der Waals surface area contributed by atoms with E-state index in [1.165, 1.54) is 21.9 Å². The summed E-state index contributed by atoms with van der Waals surface area (Å²) in [4.78, 5) is 4.31. The van der Waals surface area contributed by atoms with Gasteiger partial charge in [0, 0.05) is 17.2 Å². The van der Waals surface area contributed by atoms with Crippen LogP contribution < -0.4 is 5.32 Å². The zero-order chi connectivity index (χ0) is 13.9. The second kappa shape index (κ2) is 5.63. The van der Waals surface area contributed by atoms with Gasteiger partial charge in [-0.15, -0.1) is 0 Å². The molecule has 20 heavy (non-hydrogen) atoms. The lowest BCUT2D eigenvalue weighted by atomic mass is 10.0. The topological polar surface area (TPSA) is 24.9 Å². The van der Waals surface area contributed by atoms with E-state index < -0.39 is 0 Å². The van der Waals surface area contributed by atoms with Gasteiger partial charge >= 0.3 is 0 Å². The average molecular weight is 327 g/mol. The predicted octanol–water partition coefficient (Wildman–Crippen LogP) is 4.92. The van der Waals surface area contributed by atoms with Gasteiger partial charge in [-0.1, -0.05) is 35.9 Å². The number of hydrogen-bond donors (Lipinski definition) is 1.